The average molecular weight is 327 g/mol. The maximum Gasteiger partial charge on any atom is 0.242 e. The van der Waals surface area contributed by atoms with Crippen molar-refractivity contribution in [2.45, 2.75) is 38.3 Å². The molecule has 0 saturated heterocycles. The van der Waals surface area contributed by atoms with Crippen LogP contribution in [0.25, 0.3) is 0 Å². The molecule has 0 amide bonds. The predicted octanol–water partition coefficient (Wildman–Crippen LogP) is 2.36. The third-order valence-electron chi connectivity index (χ3n) is 3.16. The smallest absolute Gasteiger partial charge is 0.242 e. The summed E-state index contributed by atoms with van der Waals surface area (Å²) in [7, 11) is -3.47. The summed E-state index contributed by atoms with van der Waals surface area (Å²) in [5.41, 5.74) is 1.98. The van der Waals surface area contributed by atoms with Gasteiger partial charge in [0.2, 0.25) is 10.0 Å². The number of aryl methyl sites for hydroxylation is 1. The van der Waals surface area contributed by atoms with Gasteiger partial charge in [-0.15, -0.1) is 11.3 Å². The van der Waals surface area contributed by atoms with Crippen molar-refractivity contribution in [1.82, 2.24) is 15.0 Å². The van der Waals surface area contributed by atoms with E-state index in [-0.39, 0.29) is 4.90 Å². The van der Waals surface area contributed by atoms with Crippen molar-refractivity contribution in [2.24, 2.45) is 0 Å². The number of hydrogen-bond acceptors (Lipinski definition) is 4. The van der Waals surface area contributed by atoms with E-state index in [0.29, 0.717) is 13.1 Å². The number of nitrogens with one attached hydrogen (secondary N) is 3. The SMILES string of the molecule is CCCNCc1cc(S(=O)(=O)NCc2sccc2C)c[nH]1. The fourth-order valence-electron chi connectivity index (χ4n) is 1.91. The molecule has 0 radical (unpaired) electrons. The highest BCUT2D eigenvalue weighted by Crippen LogP contribution is 2.17. The summed E-state index contributed by atoms with van der Waals surface area (Å²) < 4.78 is 27.1. The molecule has 0 atom stereocenters. The number of hydrogen-bond donors (Lipinski definition) is 3. The zero-order chi connectivity index (χ0) is 15.3. The average Bonchev–Trinajstić information content (AvgIpc) is 3.06. The van der Waals surface area contributed by atoms with Crippen molar-refractivity contribution in [3.05, 3.63) is 39.8 Å². The molecule has 2 rings (SSSR count). The third kappa shape index (κ3) is 4.41. The first-order valence-corrected chi connectivity index (χ1v) is 9.30. The lowest BCUT2D eigenvalue weighted by Crippen LogP contribution is -2.22. The van der Waals surface area contributed by atoms with Gasteiger partial charge >= 0.3 is 0 Å². The molecular weight excluding hydrogens is 306 g/mol. The molecule has 2 aromatic rings. The van der Waals surface area contributed by atoms with Gasteiger partial charge < -0.3 is 10.3 Å². The van der Waals surface area contributed by atoms with E-state index in [1.807, 2.05) is 18.4 Å². The monoisotopic (exact) mass is 327 g/mol. The first-order valence-electron chi connectivity index (χ1n) is 6.93. The molecule has 0 aliphatic carbocycles. The van der Waals surface area contributed by atoms with E-state index in [2.05, 4.69) is 21.9 Å². The van der Waals surface area contributed by atoms with Crippen molar-refractivity contribution in [3.63, 3.8) is 0 Å². The van der Waals surface area contributed by atoms with Crippen LogP contribution in [0.3, 0.4) is 0 Å². The molecule has 0 bridgehead atoms. The molecule has 0 spiro atoms. The number of aromatic amines is 1. The highest BCUT2D eigenvalue weighted by molar-refractivity contribution is 7.89. The molecule has 7 heteroatoms. The molecule has 0 saturated carbocycles. The Hall–Kier alpha value is -1.15. The van der Waals surface area contributed by atoms with E-state index >= 15 is 0 Å². The highest BCUT2D eigenvalue weighted by Gasteiger charge is 2.16. The molecule has 2 aromatic heterocycles. The number of thiophene rings is 1. The molecule has 0 aromatic carbocycles. The Bertz CT molecular complexity index is 674. The van der Waals surface area contributed by atoms with E-state index in [1.54, 1.807) is 17.4 Å². The lowest BCUT2D eigenvalue weighted by molar-refractivity contribution is 0.582. The molecule has 116 valence electrons. The molecule has 0 aliphatic heterocycles. The van der Waals surface area contributed by atoms with Crippen LogP contribution in [0.2, 0.25) is 0 Å². The van der Waals surface area contributed by atoms with Gasteiger partial charge in [-0.05, 0) is 43.0 Å². The van der Waals surface area contributed by atoms with Crippen LogP contribution in [-0.2, 0) is 23.1 Å². The number of aromatic nitrogens is 1. The third-order valence-corrected chi connectivity index (χ3v) is 5.56. The summed E-state index contributed by atoms with van der Waals surface area (Å²) in [6, 6.07) is 3.66. The van der Waals surface area contributed by atoms with Crippen molar-refractivity contribution < 1.29 is 8.42 Å². The summed E-state index contributed by atoms with van der Waals surface area (Å²) in [4.78, 5) is 4.32. The Morgan fingerprint density at radius 3 is 2.81 bits per heavy atom. The fourth-order valence-corrected chi connectivity index (χ4v) is 3.85. The number of H-pyrrole nitrogens is 1. The normalized spacial score (nSPS) is 11.9. The van der Waals surface area contributed by atoms with Gasteiger partial charge in [0.1, 0.15) is 0 Å². The van der Waals surface area contributed by atoms with Crippen LogP contribution in [0, 0.1) is 6.92 Å². The van der Waals surface area contributed by atoms with Crippen LogP contribution in [0.4, 0.5) is 0 Å². The summed E-state index contributed by atoms with van der Waals surface area (Å²) in [6.45, 7) is 5.97. The topological polar surface area (TPSA) is 74.0 Å². The van der Waals surface area contributed by atoms with Gasteiger partial charge in [-0.2, -0.15) is 0 Å². The van der Waals surface area contributed by atoms with E-state index < -0.39 is 10.0 Å². The first kappa shape index (κ1) is 16.2. The predicted molar refractivity (Wildman–Crippen MR) is 85.9 cm³/mol. The number of rotatable bonds is 8. The van der Waals surface area contributed by atoms with Gasteiger partial charge in [-0.25, -0.2) is 13.1 Å². The van der Waals surface area contributed by atoms with Crippen LogP contribution in [0.5, 0.6) is 0 Å². The maximum atomic E-state index is 12.2. The summed E-state index contributed by atoms with van der Waals surface area (Å²) in [5, 5.41) is 5.20. The fraction of sp³-hybridized carbons (Fsp3) is 0.429. The van der Waals surface area contributed by atoms with Gasteiger partial charge in [0.25, 0.3) is 0 Å². The quantitative estimate of drug-likeness (QED) is 0.652. The van der Waals surface area contributed by atoms with Crippen LogP contribution in [-0.4, -0.2) is 19.9 Å². The second-order valence-corrected chi connectivity index (χ2v) is 7.66. The van der Waals surface area contributed by atoms with Crippen LogP contribution < -0.4 is 10.0 Å². The Morgan fingerprint density at radius 2 is 2.14 bits per heavy atom. The number of sulfonamides is 1. The molecular formula is C14H21N3O2S2. The maximum absolute atomic E-state index is 12.2. The van der Waals surface area contributed by atoms with Crippen molar-refractivity contribution in [2.75, 3.05) is 6.54 Å². The minimum atomic E-state index is -3.47. The van der Waals surface area contributed by atoms with Crippen LogP contribution in [0.1, 0.15) is 29.5 Å². The lowest BCUT2D eigenvalue weighted by atomic mass is 10.3. The molecule has 21 heavy (non-hydrogen) atoms. The van der Waals surface area contributed by atoms with Gasteiger partial charge in [-0.1, -0.05) is 6.92 Å². The zero-order valence-electron chi connectivity index (χ0n) is 12.3. The van der Waals surface area contributed by atoms with Crippen LogP contribution in [0.15, 0.2) is 28.6 Å². The Kier molecular flexibility index (Phi) is 5.58. The van der Waals surface area contributed by atoms with Crippen molar-refractivity contribution in [1.29, 1.82) is 0 Å². The van der Waals surface area contributed by atoms with Gasteiger partial charge in [-0.3, -0.25) is 0 Å². The second kappa shape index (κ2) is 7.22. The van der Waals surface area contributed by atoms with Gasteiger partial charge in [0.15, 0.2) is 0 Å². The minimum absolute atomic E-state index is 0.282. The molecule has 3 N–H and O–H groups in total. The standard InChI is InChI=1S/C14H21N3O2S2/c1-3-5-15-8-12-7-13(9-16-12)21(18,19)17-10-14-11(2)4-6-20-14/h4,6-7,9,15-17H,3,5,8,10H2,1-2H3. The Balaban J connectivity index is 1.97. The van der Waals surface area contributed by atoms with Gasteiger partial charge in [0, 0.05) is 29.9 Å². The largest absolute Gasteiger partial charge is 0.363 e. The first-order chi connectivity index (χ1) is 10.0. The summed E-state index contributed by atoms with van der Waals surface area (Å²) >= 11 is 1.56. The van der Waals surface area contributed by atoms with E-state index in [9.17, 15) is 8.42 Å². The Labute approximate surface area is 129 Å². The van der Waals surface area contributed by atoms with E-state index in [1.165, 1.54) is 6.20 Å². The molecule has 5 nitrogen and oxygen atoms in total. The molecule has 0 unspecified atom stereocenters. The molecule has 0 aliphatic rings. The van der Waals surface area contributed by atoms with Crippen molar-refractivity contribution in [3.8, 4) is 0 Å². The van der Waals surface area contributed by atoms with E-state index in [4.69, 9.17) is 0 Å². The van der Waals surface area contributed by atoms with E-state index in [0.717, 1.165) is 29.1 Å². The van der Waals surface area contributed by atoms with Crippen LogP contribution >= 0.6 is 11.3 Å². The van der Waals surface area contributed by atoms with Crippen molar-refractivity contribution >= 4 is 21.4 Å². The summed E-state index contributed by atoms with van der Waals surface area (Å²) in [6.07, 6.45) is 2.58. The molecule has 0 fully saturated rings. The molecule has 2 heterocycles. The Morgan fingerprint density at radius 1 is 1.33 bits per heavy atom. The lowest BCUT2D eigenvalue weighted by Gasteiger charge is -2.04. The van der Waals surface area contributed by atoms with Gasteiger partial charge in [0.05, 0.1) is 4.90 Å². The highest BCUT2D eigenvalue weighted by atomic mass is 32.2. The minimum Gasteiger partial charge on any atom is -0.363 e. The second-order valence-electron chi connectivity index (χ2n) is 4.89. The zero-order valence-corrected chi connectivity index (χ0v) is 13.9. The summed E-state index contributed by atoms with van der Waals surface area (Å²) in [5.74, 6) is 0.